The van der Waals surface area contributed by atoms with Gasteiger partial charge in [-0.05, 0) is 49.9 Å². The molecule has 8 N–H and O–H groups in total. The van der Waals surface area contributed by atoms with Crippen LogP contribution < -0.4 is 22.1 Å². The van der Waals surface area contributed by atoms with Crippen molar-refractivity contribution >= 4 is 23.2 Å². The molecule has 0 aliphatic heterocycles. The van der Waals surface area contributed by atoms with E-state index in [4.69, 9.17) is 11.5 Å². The SMILES string of the molecule is Cc1ccc(C(=O)NCCCCCCCCNC(=O)c2ccc(C)c(O)c2N)c(N)c1O. The fraction of sp³-hybridized carbons (Fsp3) is 0.417. The minimum absolute atomic E-state index is 0.0469. The van der Waals surface area contributed by atoms with Crippen LogP contribution in [0.2, 0.25) is 0 Å². The minimum atomic E-state index is -0.281. The fourth-order valence-electron chi connectivity index (χ4n) is 3.38. The van der Waals surface area contributed by atoms with Crippen LogP contribution >= 0.6 is 0 Å². The molecule has 0 fully saturated rings. The van der Waals surface area contributed by atoms with Gasteiger partial charge in [0.1, 0.15) is 11.5 Å². The van der Waals surface area contributed by atoms with Crippen molar-refractivity contribution in [2.75, 3.05) is 24.6 Å². The molecule has 0 aliphatic carbocycles. The van der Waals surface area contributed by atoms with Crippen LogP contribution in [0.1, 0.15) is 70.4 Å². The lowest BCUT2D eigenvalue weighted by Gasteiger charge is -2.10. The van der Waals surface area contributed by atoms with Gasteiger partial charge in [0.05, 0.1) is 22.5 Å². The Hall–Kier alpha value is -3.42. The van der Waals surface area contributed by atoms with E-state index in [9.17, 15) is 19.8 Å². The van der Waals surface area contributed by atoms with Crippen molar-refractivity contribution < 1.29 is 19.8 Å². The Morgan fingerprint density at radius 3 is 1.41 bits per heavy atom. The number of hydrogen-bond acceptors (Lipinski definition) is 6. The van der Waals surface area contributed by atoms with Crippen molar-refractivity contribution in [3.05, 3.63) is 46.5 Å². The molecular formula is C24H34N4O4. The lowest BCUT2D eigenvalue weighted by atomic mass is 10.1. The van der Waals surface area contributed by atoms with Gasteiger partial charge >= 0.3 is 0 Å². The quantitative estimate of drug-likeness (QED) is 0.178. The predicted molar refractivity (Wildman–Crippen MR) is 127 cm³/mol. The zero-order valence-electron chi connectivity index (χ0n) is 18.8. The van der Waals surface area contributed by atoms with Gasteiger partial charge in [-0.2, -0.15) is 0 Å². The van der Waals surface area contributed by atoms with E-state index in [1.165, 1.54) is 0 Å². The van der Waals surface area contributed by atoms with Crippen molar-refractivity contribution in [2.24, 2.45) is 0 Å². The summed E-state index contributed by atoms with van der Waals surface area (Å²) >= 11 is 0. The van der Waals surface area contributed by atoms with Crippen LogP contribution in [0, 0.1) is 13.8 Å². The fourth-order valence-corrected chi connectivity index (χ4v) is 3.38. The van der Waals surface area contributed by atoms with Crippen LogP contribution in [0.5, 0.6) is 11.5 Å². The first-order valence-electron chi connectivity index (χ1n) is 11.0. The van der Waals surface area contributed by atoms with E-state index >= 15 is 0 Å². The molecule has 0 saturated carbocycles. The maximum absolute atomic E-state index is 12.2. The molecule has 0 aromatic heterocycles. The number of aromatic hydroxyl groups is 2. The number of carbonyl (C=O) groups is 2. The third-order valence-corrected chi connectivity index (χ3v) is 5.50. The Labute approximate surface area is 189 Å². The van der Waals surface area contributed by atoms with Crippen molar-refractivity contribution in [1.82, 2.24) is 10.6 Å². The number of nitrogen functional groups attached to an aromatic ring is 2. The molecule has 0 spiro atoms. The number of nitrogens with one attached hydrogen (secondary N) is 2. The van der Waals surface area contributed by atoms with Crippen LogP contribution in [0.3, 0.4) is 0 Å². The highest BCUT2D eigenvalue weighted by Crippen LogP contribution is 2.28. The second-order valence-corrected chi connectivity index (χ2v) is 8.02. The lowest BCUT2D eigenvalue weighted by molar-refractivity contribution is 0.0945. The molecule has 0 unspecified atom stereocenters. The van der Waals surface area contributed by atoms with Gasteiger partial charge in [-0.1, -0.05) is 37.8 Å². The van der Waals surface area contributed by atoms with Crippen LogP contribution in [-0.2, 0) is 0 Å². The third kappa shape index (κ3) is 6.54. The van der Waals surface area contributed by atoms with Gasteiger partial charge in [-0.3, -0.25) is 9.59 Å². The number of hydrogen-bond donors (Lipinski definition) is 6. The number of amides is 2. The minimum Gasteiger partial charge on any atom is -0.505 e. The summed E-state index contributed by atoms with van der Waals surface area (Å²) in [4.78, 5) is 24.4. The summed E-state index contributed by atoms with van der Waals surface area (Å²) in [7, 11) is 0. The van der Waals surface area contributed by atoms with Gasteiger partial charge in [0, 0.05) is 13.1 Å². The molecule has 8 nitrogen and oxygen atoms in total. The van der Waals surface area contributed by atoms with Crippen LogP contribution in [0.4, 0.5) is 11.4 Å². The summed E-state index contributed by atoms with van der Waals surface area (Å²) in [6.07, 6.45) is 5.76. The molecule has 0 atom stereocenters. The molecule has 32 heavy (non-hydrogen) atoms. The van der Waals surface area contributed by atoms with E-state index in [2.05, 4.69) is 10.6 Å². The van der Waals surface area contributed by atoms with Crippen molar-refractivity contribution in [3.8, 4) is 11.5 Å². The van der Waals surface area contributed by atoms with Crippen molar-refractivity contribution in [2.45, 2.75) is 52.4 Å². The number of nitrogens with two attached hydrogens (primary N) is 2. The van der Waals surface area contributed by atoms with Crippen LogP contribution in [0.25, 0.3) is 0 Å². The number of carbonyl (C=O) groups excluding carboxylic acids is 2. The second-order valence-electron chi connectivity index (χ2n) is 8.02. The summed E-state index contributed by atoms with van der Waals surface area (Å²) in [6, 6.07) is 6.58. The highest BCUT2D eigenvalue weighted by molar-refractivity contribution is 6.01. The molecule has 0 saturated heterocycles. The zero-order chi connectivity index (χ0) is 23.7. The largest absolute Gasteiger partial charge is 0.505 e. The Bertz CT molecular complexity index is 882. The number of benzene rings is 2. The Kier molecular flexibility index (Phi) is 9.19. The molecule has 8 heteroatoms. The van der Waals surface area contributed by atoms with E-state index in [0.717, 1.165) is 38.5 Å². The first kappa shape index (κ1) is 24.8. The van der Waals surface area contributed by atoms with Crippen molar-refractivity contribution in [3.63, 3.8) is 0 Å². The molecule has 0 aliphatic rings. The van der Waals surface area contributed by atoms with E-state index < -0.39 is 0 Å². The average molecular weight is 443 g/mol. The molecule has 0 radical (unpaired) electrons. The van der Waals surface area contributed by atoms with Crippen LogP contribution in [0.15, 0.2) is 24.3 Å². The van der Waals surface area contributed by atoms with E-state index in [0.29, 0.717) is 24.2 Å². The summed E-state index contributed by atoms with van der Waals surface area (Å²) in [5.74, 6) is -0.657. The Balaban J connectivity index is 1.55. The van der Waals surface area contributed by atoms with Gasteiger partial charge in [-0.25, -0.2) is 0 Å². The maximum Gasteiger partial charge on any atom is 0.253 e. The molecule has 0 bridgehead atoms. The smallest absolute Gasteiger partial charge is 0.253 e. The van der Waals surface area contributed by atoms with Gasteiger partial charge in [0.25, 0.3) is 11.8 Å². The van der Waals surface area contributed by atoms with Gasteiger partial charge in [0.15, 0.2) is 0 Å². The summed E-state index contributed by atoms with van der Waals surface area (Å²) < 4.78 is 0. The molecule has 2 rings (SSSR count). The third-order valence-electron chi connectivity index (χ3n) is 5.50. The number of aryl methyl sites for hydroxylation is 2. The lowest BCUT2D eigenvalue weighted by Crippen LogP contribution is -2.25. The molecule has 2 aromatic carbocycles. The van der Waals surface area contributed by atoms with E-state index in [-0.39, 0.29) is 45.8 Å². The van der Waals surface area contributed by atoms with Gasteiger partial charge in [0.2, 0.25) is 0 Å². The topological polar surface area (TPSA) is 151 Å². The number of phenolic OH excluding ortho intramolecular Hbond substituents is 2. The highest BCUT2D eigenvalue weighted by atomic mass is 16.3. The molecular weight excluding hydrogens is 408 g/mol. The summed E-state index contributed by atoms with van der Waals surface area (Å²) in [6.45, 7) is 4.56. The number of phenols is 2. The molecule has 174 valence electrons. The predicted octanol–water partition coefficient (Wildman–Crippen LogP) is 3.38. The first-order valence-corrected chi connectivity index (χ1v) is 11.0. The van der Waals surface area contributed by atoms with Crippen LogP contribution in [-0.4, -0.2) is 35.1 Å². The standard InChI is InChI=1S/C24H34N4O4/c1-15-9-11-17(19(25)21(15)29)23(31)27-13-7-5-3-4-6-8-14-28-24(32)18-12-10-16(2)22(30)20(18)26/h9-12,29-30H,3-8,13-14,25-26H2,1-2H3,(H,27,31)(H,28,32). The van der Waals surface area contributed by atoms with Gasteiger partial charge < -0.3 is 32.3 Å². The zero-order valence-corrected chi connectivity index (χ0v) is 18.8. The van der Waals surface area contributed by atoms with Crippen molar-refractivity contribution in [1.29, 1.82) is 0 Å². The summed E-state index contributed by atoms with van der Waals surface area (Å²) in [5, 5.41) is 25.4. The molecule has 0 heterocycles. The highest BCUT2D eigenvalue weighted by Gasteiger charge is 2.14. The van der Waals surface area contributed by atoms with E-state index in [1.54, 1.807) is 38.1 Å². The number of anilines is 2. The normalized spacial score (nSPS) is 10.7. The van der Waals surface area contributed by atoms with Gasteiger partial charge in [-0.15, -0.1) is 0 Å². The second kappa shape index (κ2) is 11.8. The maximum atomic E-state index is 12.2. The number of unbranched alkanes of at least 4 members (excludes halogenated alkanes) is 5. The Morgan fingerprint density at radius 2 is 1.03 bits per heavy atom. The first-order chi connectivity index (χ1) is 15.2. The average Bonchev–Trinajstić information content (AvgIpc) is 2.77. The summed E-state index contributed by atoms with van der Waals surface area (Å²) in [5.41, 5.74) is 13.7. The molecule has 2 amide bonds. The molecule has 2 aromatic rings. The number of rotatable bonds is 11. The Morgan fingerprint density at radius 1 is 0.688 bits per heavy atom. The van der Waals surface area contributed by atoms with E-state index in [1.807, 2.05) is 0 Å². The monoisotopic (exact) mass is 442 g/mol.